The van der Waals surface area contributed by atoms with Gasteiger partial charge in [0.25, 0.3) is 0 Å². The van der Waals surface area contributed by atoms with Crippen molar-refractivity contribution in [1.29, 1.82) is 0 Å². The van der Waals surface area contributed by atoms with Gasteiger partial charge < -0.3 is 4.74 Å². The molecule has 126 valence electrons. The molecule has 3 heteroatoms. The zero-order chi connectivity index (χ0) is 15.9. The van der Waals surface area contributed by atoms with Crippen molar-refractivity contribution in [2.45, 2.75) is 19.2 Å². The Morgan fingerprint density at radius 1 is 0.917 bits per heavy atom. The summed E-state index contributed by atoms with van der Waals surface area (Å²) >= 11 is 0. The SMILES string of the molecule is C[C@H]1OC[C@@H](c2ccccc2)N1C[C]1[CH][CH][CH][CH]1.[CH]1[CH][CH][CH][CH]1.[Fe]. The van der Waals surface area contributed by atoms with Gasteiger partial charge >= 0.3 is 0 Å². The smallest absolute Gasteiger partial charge is 0.108 e. The van der Waals surface area contributed by atoms with Crippen molar-refractivity contribution in [3.8, 4) is 0 Å². The molecule has 10 radical (unpaired) electrons. The quantitative estimate of drug-likeness (QED) is 0.759. The summed E-state index contributed by atoms with van der Waals surface area (Å²) in [6.07, 6.45) is 18.7. The van der Waals surface area contributed by atoms with Gasteiger partial charge in [-0.15, -0.1) is 0 Å². The third-order valence-electron chi connectivity index (χ3n) is 4.20. The van der Waals surface area contributed by atoms with Crippen LogP contribution >= 0.6 is 0 Å². The van der Waals surface area contributed by atoms with E-state index >= 15 is 0 Å². The van der Waals surface area contributed by atoms with Crippen LogP contribution in [0.3, 0.4) is 0 Å². The first kappa shape index (κ1) is 20.0. The fraction of sp³-hybridized carbons (Fsp3) is 0.238. The van der Waals surface area contributed by atoms with Crippen molar-refractivity contribution in [2.75, 3.05) is 13.2 Å². The summed E-state index contributed by atoms with van der Waals surface area (Å²) in [4.78, 5) is 2.42. The predicted molar refractivity (Wildman–Crippen MR) is 93.2 cm³/mol. The van der Waals surface area contributed by atoms with Crippen LogP contribution in [0.1, 0.15) is 18.5 Å². The maximum absolute atomic E-state index is 5.81. The average Bonchev–Trinajstić information content (AvgIpc) is 3.34. The minimum Gasteiger partial charge on any atom is -0.361 e. The summed E-state index contributed by atoms with van der Waals surface area (Å²) < 4.78 is 5.81. The second-order valence-corrected chi connectivity index (χ2v) is 5.79. The fourth-order valence-corrected chi connectivity index (χ4v) is 2.93. The van der Waals surface area contributed by atoms with Gasteiger partial charge in [-0.05, 0) is 76.2 Å². The normalized spacial score (nSPS) is 27.5. The van der Waals surface area contributed by atoms with E-state index in [1.54, 1.807) is 0 Å². The van der Waals surface area contributed by atoms with Crippen LogP contribution in [-0.2, 0) is 21.8 Å². The molecule has 2 aliphatic carbocycles. The zero-order valence-electron chi connectivity index (χ0n) is 13.9. The molecule has 2 saturated carbocycles. The molecule has 3 aliphatic rings. The van der Waals surface area contributed by atoms with Gasteiger partial charge in [0.15, 0.2) is 0 Å². The van der Waals surface area contributed by atoms with Crippen LogP contribution in [0.2, 0.25) is 0 Å². The Morgan fingerprint density at radius 3 is 2.08 bits per heavy atom. The van der Waals surface area contributed by atoms with Gasteiger partial charge in [-0.1, -0.05) is 30.3 Å². The van der Waals surface area contributed by atoms with Crippen molar-refractivity contribution < 1.29 is 21.8 Å². The zero-order valence-corrected chi connectivity index (χ0v) is 15.0. The molecule has 1 aromatic rings. The fourth-order valence-electron chi connectivity index (χ4n) is 2.93. The number of hydrogen-bond acceptors (Lipinski definition) is 2. The average molecular weight is 361 g/mol. The maximum atomic E-state index is 5.81. The number of ether oxygens (including phenoxy) is 1. The number of nitrogens with zero attached hydrogens (tertiary/aromatic N) is 1. The van der Waals surface area contributed by atoms with E-state index in [4.69, 9.17) is 4.74 Å². The summed E-state index contributed by atoms with van der Waals surface area (Å²) in [5.41, 5.74) is 1.34. The Bertz CT molecular complexity index is 435. The maximum Gasteiger partial charge on any atom is 0.108 e. The van der Waals surface area contributed by atoms with Crippen LogP contribution in [0.4, 0.5) is 0 Å². The van der Waals surface area contributed by atoms with Crippen LogP contribution in [0, 0.1) is 63.7 Å². The van der Waals surface area contributed by atoms with Gasteiger partial charge in [0.1, 0.15) is 6.23 Å². The molecule has 1 saturated heterocycles. The third-order valence-corrected chi connectivity index (χ3v) is 4.20. The molecular formula is C21H23FeNO. The Balaban J connectivity index is 0.000000300. The number of benzene rings is 1. The molecule has 2 nitrogen and oxygen atoms in total. The van der Waals surface area contributed by atoms with E-state index in [-0.39, 0.29) is 23.3 Å². The molecule has 24 heavy (non-hydrogen) atoms. The molecule has 2 atom stereocenters. The van der Waals surface area contributed by atoms with Gasteiger partial charge in [-0.2, -0.15) is 0 Å². The van der Waals surface area contributed by atoms with Crippen LogP contribution in [-0.4, -0.2) is 24.3 Å². The summed E-state index contributed by atoms with van der Waals surface area (Å²) in [5.74, 6) is 1.35. The molecule has 3 fully saturated rings. The second-order valence-electron chi connectivity index (χ2n) is 5.79. The van der Waals surface area contributed by atoms with Gasteiger partial charge in [-0.25, -0.2) is 0 Å². The van der Waals surface area contributed by atoms with Crippen LogP contribution in [0.5, 0.6) is 0 Å². The predicted octanol–water partition coefficient (Wildman–Crippen LogP) is 3.83. The van der Waals surface area contributed by atoms with Gasteiger partial charge in [0, 0.05) is 23.6 Å². The van der Waals surface area contributed by atoms with Crippen molar-refractivity contribution in [2.24, 2.45) is 0 Å². The minimum atomic E-state index is 0. The first-order chi connectivity index (χ1) is 11.3. The molecule has 0 amide bonds. The first-order valence-corrected chi connectivity index (χ1v) is 8.14. The number of rotatable bonds is 3. The van der Waals surface area contributed by atoms with E-state index in [1.165, 1.54) is 11.5 Å². The standard InChI is InChI=1S/C16H18NO.C5H5.Fe/c1-13-17(11-14-7-5-6-8-14)16(12-18-13)15-9-3-2-4-10-15;1-2-4-5-3-1;/h2-10,13,16H,11-12H2,1H3;1-5H;/t13-,16+;;/m1../s1. The monoisotopic (exact) mass is 361 g/mol. The Kier molecular flexibility index (Phi) is 8.83. The van der Waals surface area contributed by atoms with Crippen molar-refractivity contribution >= 4 is 0 Å². The Hall–Kier alpha value is -0.341. The summed E-state index contributed by atoms with van der Waals surface area (Å²) in [6.45, 7) is 3.87. The van der Waals surface area contributed by atoms with Crippen molar-refractivity contribution in [1.82, 2.24) is 4.90 Å². The summed E-state index contributed by atoms with van der Waals surface area (Å²) in [5, 5.41) is 0. The van der Waals surface area contributed by atoms with Crippen molar-refractivity contribution in [3.63, 3.8) is 0 Å². The molecule has 0 unspecified atom stereocenters. The van der Waals surface area contributed by atoms with Gasteiger partial charge in [0.2, 0.25) is 0 Å². The van der Waals surface area contributed by atoms with Gasteiger partial charge in [-0.3, -0.25) is 4.90 Å². The molecule has 0 spiro atoms. The summed E-state index contributed by atoms with van der Waals surface area (Å²) in [7, 11) is 0. The molecule has 1 heterocycles. The van der Waals surface area contributed by atoms with Crippen LogP contribution in [0.15, 0.2) is 30.3 Å². The molecule has 0 aromatic heterocycles. The molecular weight excluding hydrogens is 338 g/mol. The minimum absolute atomic E-state index is 0. The largest absolute Gasteiger partial charge is 0.361 e. The van der Waals surface area contributed by atoms with E-state index < -0.39 is 0 Å². The number of hydrogen-bond donors (Lipinski definition) is 0. The Labute approximate surface area is 158 Å². The molecule has 4 rings (SSSR count). The second kappa shape index (κ2) is 10.6. The topological polar surface area (TPSA) is 12.5 Å². The van der Waals surface area contributed by atoms with E-state index in [2.05, 4.69) is 67.8 Å². The summed E-state index contributed by atoms with van der Waals surface area (Å²) in [6, 6.07) is 11.0. The molecule has 1 aromatic carbocycles. The van der Waals surface area contributed by atoms with Crippen LogP contribution < -0.4 is 0 Å². The van der Waals surface area contributed by atoms with E-state index in [1.807, 2.05) is 32.1 Å². The van der Waals surface area contributed by atoms with Crippen molar-refractivity contribution in [3.05, 3.63) is 99.6 Å². The van der Waals surface area contributed by atoms with Crippen LogP contribution in [0.25, 0.3) is 0 Å². The third kappa shape index (κ3) is 5.59. The van der Waals surface area contributed by atoms with E-state index in [9.17, 15) is 0 Å². The molecule has 0 N–H and O–H groups in total. The van der Waals surface area contributed by atoms with Gasteiger partial charge in [0.05, 0.1) is 12.6 Å². The van der Waals surface area contributed by atoms with E-state index in [0.29, 0.717) is 6.04 Å². The van der Waals surface area contributed by atoms with E-state index in [0.717, 1.165) is 13.2 Å². The molecule has 0 bridgehead atoms. The Morgan fingerprint density at radius 2 is 1.50 bits per heavy atom. The molecule has 1 aliphatic heterocycles. The first-order valence-electron chi connectivity index (χ1n) is 8.14.